The second-order valence-electron chi connectivity index (χ2n) is 5.96. The van der Waals surface area contributed by atoms with Crippen molar-refractivity contribution in [1.82, 2.24) is 24.8 Å². The molecule has 24 heavy (non-hydrogen) atoms. The molecular weight excluding hydrogens is 314 g/mol. The Morgan fingerprint density at radius 1 is 1.21 bits per heavy atom. The van der Waals surface area contributed by atoms with Crippen LogP contribution in [-0.2, 0) is 0 Å². The zero-order valence-electron chi connectivity index (χ0n) is 13.0. The Kier molecular flexibility index (Phi) is 3.61. The van der Waals surface area contributed by atoms with Crippen LogP contribution in [0.4, 0.5) is 14.6 Å². The summed E-state index contributed by atoms with van der Waals surface area (Å²) >= 11 is 0. The van der Waals surface area contributed by atoms with Crippen LogP contribution in [0.1, 0.15) is 18.0 Å². The van der Waals surface area contributed by atoms with Crippen molar-refractivity contribution in [2.24, 2.45) is 0 Å². The summed E-state index contributed by atoms with van der Waals surface area (Å²) in [5.41, 5.74) is 2.06. The van der Waals surface area contributed by atoms with Gasteiger partial charge < -0.3 is 10.3 Å². The number of halogens is 2. The maximum atomic E-state index is 13.6. The first-order valence-corrected chi connectivity index (χ1v) is 7.69. The molecule has 124 valence electrons. The molecule has 1 aliphatic rings. The summed E-state index contributed by atoms with van der Waals surface area (Å²) in [6, 6.07) is 4.01. The Labute approximate surface area is 136 Å². The van der Waals surface area contributed by atoms with Crippen LogP contribution in [0.2, 0.25) is 0 Å². The molecule has 2 atom stereocenters. The van der Waals surface area contributed by atoms with Gasteiger partial charge in [0, 0.05) is 12.6 Å². The van der Waals surface area contributed by atoms with E-state index in [0.29, 0.717) is 11.5 Å². The van der Waals surface area contributed by atoms with Crippen molar-refractivity contribution in [3.63, 3.8) is 0 Å². The molecule has 0 spiro atoms. The van der Waals surface area contributed by atoms with E-state index in [1.165, 1.54) is 18.5 Å². The lowest BCUT2D eigenvalue weighted by Crippen LogP contribution is -2.29. The number of anilines is 1. The highest BCUT2D eigenvalue weighted by molar-refractivity contribution is 5.82. The van der Waals surface area contributed by atoms with E-state index in [1.54, 1.807) is 12.4 Å². The molecule has 0 unspecified atom stereocenters. The monoisotopic (exact) mass is 330 g/mol. The van der Waals surface area contributed by atoms with Crippen molar-refractivity contribution >= 4 is 17.0 Å². The fraction of sp³-hybridized carbons (Fsp3) is 0.312. The van der Waals surface area contributed by atoms with Crippen LogP contribution in [0, 0.1) is 11.6 Å². The van der Waals surface area contributed by atoms with Gasteiger partial charge in [-0.1, -0.05) is 6.07 Å². The van der Waals surface area contributed by atoms with Gasteiger partial charge in [-0.3, -0.25) is 4.90 Å². The van der Waals surface area contributed by atoms with Crippen molar-refractivity contribution < 1.29 is 8.78 Å². The highest BCUT2D eigenvalue weighted by Crippen LogP contribution is 2.34. The fourth-order valence-electron chi connectivity index (χ4n) is 3.33. The van der Waals surface area contributed by atoms with Crippen LogP contribution in [-0.4, -0.2) is 44.5 Å². The SMILES string of the molecule is CN1CC[C@H](Nc2ncnc3nc[nH]c23)[C@H]1c1ccc(F)c(F)c1. The molecular formula is C16H16F2N6. The van der Waals surface area contributed by atoms with Gasteiger partial charge in [0.1, 0.15) is 11.8 Å². The lowest BCUT2D eigenvalue weighted by Gasteiger charge is -2.26. The second kappa shape index (κ2) is 5.79. The molecule has 1 fully saturated rings. The van der Waals surface area contributed by atoms with Crippen LogP contribution in [0.15, 0.2) is 30.9 Å². The van der Waals surface area contributed by atoms with E-state index in [0.717, 1.165) is 24.0 Å². The smallest absolute Gasteiger partial charge is 0.182 e. The van der Waals surface area contributed by atoms with E-state index in [2.05, 4.69) is 30.2 Å². The lowest BCUT2D eigenvalue weighted by molar-refractivity contribution is 0.308. The molecule has 4 rings (SSSR count). The molecule has 8 heteroatoms. The maximum Gasteiger partial charge on any atom is 0.182 e. The number of benzene rings is 1. The quantitative estimate of drug-likeness (QED) is 0.772. The number of aromatic amines is 1. The van der Waals surface area contributed by atoms with Gasteiger partial charge in [-0.05, 0) is 31.2 Å². The largest absolute Gasteiger partial charge is 0.363 e. The van der Waals surface area contributed by atoms with E-state index < -0.39 is 11.6 Å². The molecule has 6 nitrogen and oxygen atoms in total. The maximum absolute atomic E-state index is 13.6. The average Bonchev–Trinajstić information content (AvgIpc) is 3.18. The minimum atomic E-state index is -0.834. The Bertz CT molecular complexity index is 880. The fourth-order valence-corrected chi connectivity index (χ4v) is 3.33. The number of likely N-dealkylation sites (tertiary alicyclic amines) is 1. The zero-order valence-corrected chi connectivity index (χ0v) is 13.0. The summed E-state index contributed by atoms with van der Waals surface area (Å²) < 4.78 is 26.9. The van der Waals surface area contributed by atoms with Gasteiger partial charge in [0.05, 0.1) is 12.4 Å². The van der Waals surface area contributed by atoms with Gasteiger partial charge in [-0.2, -0.15) is 0 Å². The van der Waals surface area contributed by atoms with Crippen LogP contribution in [0.5, 0.6) is 0 Å². The molecule has 3 aromatic rings. The van der Waals surface area contributed by atoms with Crippen molar-refractivity contribution in [1.29, 1.82) is 0 Å². The third-order valence-electron chi connectivity index (χ3n) is 4.48. The minimum absolute atomic E-state index is 0.0151. The Morgan fingerprint density at radius 3 is 2.92 bits per heavy atom. The summed E-state index contributed by atoms with van der Waals surface area (Å²) in [5.74, 6) is -1.01. The molecule has 2 aromatic heterocycles. The first kappa shape index (κ1) is 14.9. The highest BCUT2D eigenvalue weighted by atomic mass is 19.2. The van der Waals surface area contributed by atoms with Crippen LogP contribution in [0.3, 0.4) is 0 Å². The van der Waals surface area contributed by atoms with Gasteiger partial charge in [0.2, 0.25) is 0 Å². The molecule has 0 aliphatic carbocycles. The Hall–Kier alpha value is -2.61. The summed E-state index contributed by atoms with van der Waals surface area (Å²) in [6.45, 7) is 0.846. The molecule has 0 saturated carbocycles. The highest BCUT2D eigenvalue weighted by Gasteiger charge is 2.34. The number of hydrogen-bond donors (Lipinski definition) is 2. The van der Waals surface area contributed by atoms with Gasteiger partial charge in [-0.25, -0.2) is 23.7 Å². The number of nitrogens with one attached hydrogen (secondary N) is 2. The summed E-state index contributed by atoms with van der Waals surface area (Å²) in [4.78, 5) is 17.6. The normalized spacial score (nSPS) is 21.5. The minimum Gasteiger partial charge on any atom is -0.363 e. The van der Waals surface area contributed by atoms with Crippen molar-refractivity contribution in [3.05, 3.63) is 48.1 Å². The number of rotatable bonds is 3. The van der Waals surface area contributed by atoms with E-state index in [-0.39, 0.29) is 12.1 Å². The number of imidazole rings is 1. The molecule has 0 radical (unpaired) electrons. The Balaban J connectivity index is 1.66. The first-order valence-electron chi connectivity index (χ1n) is 7.69. The predicted octanol–water partition coefficient (Wildman–Crippen LogP) is 2.49. The molecule has 1 aromatic carbocycles. The van der Waals surface area contributed by atoms with E-state index in [1.807, 2.05) is 7.05 Å². The van der Waals surface area contributed by atoms with Crippen molar-refractivity contribution in [2.75, 3.05) is 18.9 Å². The molecule has 1 aliphatic heterocycles. The van der Waals surface area contributed by atoms with Gasteiger partial charge in [-0.15, -0.1) is 0 Å². The number of fused-ring (bicyclic) bond motifs is 1. The van der Waals surface area contributed by atoms with Crippen LogP contribution >= 0.6 is 0 Å². The zero-order chi connectivity index (χ0) is 16.7. The van der Waals surface area contributed by atoms with E-state index in [9.17, 15) is 8.78 Å². The van der Waals surface area contributed by atoms with Gasteiger partial charge in [0.25, 0.3) is 0 Å². The summed E-state index contributed by atoms with van der Waals surface area (Å²) in [5, 5.41) is 3.40. The topological polar surface area (TPSA) is 69.7 Å². The number of likely N-dealkylation sites (N-methyl/N-ethyl adjacent to an activating group) is 1. The van der Waals surface area contributed by atoms with Gasteiger partial charge in [0.15, 0.2) is 23.1 Å². The van der Waals surface area contributed by atoms with E-state index >= 15 is 0 Å². The number of aromatic nitrogens is 4. The van der Waals surface area contributed by atoms with Crippen LogP contribution < -0.4 is 5.32 Å². The Morgan fingerprint density at radius 2 is 2.08 bits per heavy atom. The average molecular weight is 330 g/mol. The molecule has 0 bridgehead atoms. The van der Waals surface area contributed by atoms with Gasteiger partial charge >= 0.3 is 0 Å². The third-order valence-corrected chi connectivity index (χ3v) is 4.48. The third kappa shape index (κ3) is 2.48. The second-order valence-corrected chi connectivity index (χ2v) is 5.96. The van der Waals surface area contributed by atoms with E-state index in [4.69, 9.17) is 0 Å². The molecule has 3 heterocycles. The molecule has 1 saturated heterocycles. The number of H-pyrrole nitrogens is 1. The molecule has 0 amide bonds. The number of hydrogen-bond acceptors (Lipinski definition) is 5. The summed E-state index contributed by atoms with van der Waals surface area (Å²) in [6.07, 6.45) is 3.88. The number of nitrogens with zero attached hydrogens (tertiary/aromatic N) is 4. The lowest BCUT2D eigenvalue weighted by atomic mass is 10.00. The summed E-state index contributed by atoms with van der Waals surface area (Å²) in [7, 11) is 1.97. The van der Waals surface area contributed by atoms with Crippen molar-refractivity contribution in [3.8, 4) is 0 Å². The predicted molar refractivity (Wildman–Crippen MR) is 85.4 cm³/mol. The molecule has 2 N–H and O–H groups in total. The standard InChI is InChI=1S/C16H16F2N6/c1-24-5-4-12(14(24)9-2-3-10(17)11(18)6-9)23-16-13-15(20-7-19-13)21-8-22-16/h2-3,6-8,12,14H,4-5H2,1H3,(H2,19,20,21,22,23)/t12-,14+/m0/s1. The van der Waals surface area contributed by atoms with Crippen molar-refractivity contribution in [2.45, 2.75) is 18.5 Å². The first-order chi connectivity index (χ1) is 11.6. The van der Waals surface area contributed by atoms with Crippen LogP contribution in [0.25, 0.3) is 11.2 Å².